The van der Waals surface area contributed by atoms with E-state index in [9.17, 15) is 10.2 Å². The Kier molecular flexibility index (Phi) is 3.40. The van der Waals surface area contributed by atoms with Crippen molar-refractivity contribution in [3.8, 4) is 12.3 Å². The highest BCUT2D eigenvalue weighted by Gasteiger charge is 2.37. The molecule has 4 atom stereocenters. The van der Waals surface area contributed by atoms with Gasteiger partial charge in [0.25, 0.3) is 0 Å². The van der Waals surface area contributed by atoms with E-state index in [-0.39, 0.29) is 18.9 Å². The molecule has 0 aromatic carbocycles. The average molecular weight is 239 g/mol. The summed E-state index contributed by atoms with van der Waals surface area (Å²) in [6.07, 6.45) is 3.15. The van der Waals surface area contributed by atoms with Crippen molar-refractivity contribution in [1.82, 2.24) is 14.8 Å². The van der Waals surface area contributed by atoms with Gasteiger partial charge in [0.2, 0.25) is 5.82 Å². The number of nitrogens with zero attached hydrogens (tertiary/aromatic N) is 3. The number of rotatable bonds is 2. The van der Waals surface area contributed by atoms with E-state index < -0.39 is 24.5 Å². The molecule has 1 aliphatic heterocycles. The van der Waals surface area contributed by atoms with E-state index in [0.29, 0.717) is 0 Å². The van der Waals surface area contributed by atoms with E-state index in [1.54, 1.807) is 0 Å². The Labute approximate surface area is 97.7 Å². The lowest BCUT2D eigenvalue weighted by molar-refractivity contribution is -0.203. The Hall–Kier alpha value is -1.46. The Morgan fingerprint density at radius 3 is 2.94 bits per heavy atom. The number of ether oxygens (including phenoxy) is 1. The highest BCUT2D eigenvalue weighted by molar-refractivity contribution is 5.12. The van der Waals surface area contributed by atoms with Crippen molar-refractivity contribution in [3.63, 3.8) is 0 Å². The maximum atomic E-state index is 9.63. The first kappa shape index (κ1) is 12.0. The first-order chi connectivity index (χ1) is 8.15. The first-order valence-corrected chi connectivity index (χ1v) is 5.16. The lowest BCUT2D eigenvalue weighted by Gasteiger charge is -2.35. The second-order valence-corrected chi connectivity index (χ2v) is 3.80. The zero-order valence-corrected chi connectivity index (χ0v) is 8.97. The molecule has 0 spiro atoms. The van der Waals surface area contributed by atoms with Gasteiger partial charge in [0.15, 0.2) is 6.23 Å². The summed E-state index contributed by atoms with van der Waals surface area (Å²) in [4.78, 5) is 3.83. The summed E-state index contributed by atoms with van der Waals surface area (Å²) in [5.74, 6) is 2.49. The van der Waals surface area contributed by atoms with E-state index in [0.717, 1.165) is 0 Å². The quantitative estimate of drug-likeness (QED) is 0.530. The van der Waals surface area contributed by atoms with Gasteiger partial charge < -0.3 is 20.1 Å². The van der Waals surface area contributed by atoms with Crippen LogP contribution >= 0.6 is 0 Å². The molecule has 0 aliphatic carbocycles. The van der Waals surface area contributed by atoms with Crippen molar-refractivity contribution in [3.05, 3.63) is 12.2 Å². The third kappa shape index (κ3) is 2.30. The normalized spacial score (nSPS) is 33.3. The van der Waals surface area contributed by atoms with Crippen molar-refractivity contribution in [1.29, 1.82) is 0 Å². The zero-order chi connectivity index (χ0) is 12.4. The van der Waals surface area contributed by atoms with Gasteiger partial charge in [-0.3, -0.25) is 0 Å². The lowest BCUT2D eigenvalue weighted by Crippen LogP contribution is -2.48. The van der Waals surface area contributed by atoms with Crippen molar-refractivity contribution in [2.45, 2.75) is 31.0 Å². The second-order valence-electron chi connectivity index (χ2n) is 3.80. The molecule has 0 amide bonds. The van der Waals surface area contributed by atoms with Crippen molar-refractivity contribution < 1.29 is 20.1 Å². The fraction of sp³-hybridized carbons (Fsp3) is 0.600. The standard InChI is InChI=1S/C10H13N3O4/c1-2-8-11-5-13(12-8)9-3-6(15)10(16)7(4-14)17-9/h1,5-7,9-10,14-16H,3-4H2/t6?,7-,9-,10?/m1/s1. The maximum Gasteiger partial charge on any atom is 0.225 e. The van der Waals surface area contributed by atoms with E-state index in [2.05, 4.69) is 16.0 Å². The Balaban J connectivity index is 2.14. The highest BCUT2D eigenvalue weighted by atomic mass is 16.5. The van der Waals surface area contributed by atoms with Crippen LogP contribution in [0.1, 0.15) is 18.5 Å². The maximum absolute atomic E-state index is 9.63. The second kappa shape index (κ2) is 4.81. The molecule has 7 heteroatoms. The number of hydrogen-bond donors (Lipinski definition) is 3. The lowest BCUT2D eigenvalue weighted by atomic mass is 10.0. The molecule has 7 nitrogen and oxygen atoms in total. The highest BCUT2D eigenvalue weighted by Crippen LogP contribution is 2.26. The van der Waals surface area contributed by atoms with Crippen LogP contribution in [0.15, 0.2) is 6.33 Å². The Morgan fingerprint density at radius 2 is 2.35 bits per heavy atom. The molecule has 92 valence electrons. The summed E-state index contributed by atoms with van der Waals surface area (Å²) in [7, 11) is 0. The average Bonchev–Trinajstić information content (AvgIpc) is 2.81. The van der Waals surface area contributed by atoms with Crippen LogP contribution in [0.25, 0.3) is 0 Å². The van der Waals surface area contributed by atoms with Crippen LogP contribution in [-0.2, 0) is 4.74 Å². The van der Waals surface area contributed by atoms with Crippen LogP contribution in [-0.4, -0.2) is 55.0 Å². The van der Waals surface area contributed by atoms with Crippen LogP contribution in [0.3, 0.4) is 0 Å². The third-order valence-corrected chi connectivity index (χ3v) is 2.66. The largest absolute Gasteiger partial charge is 0.394 e. The summed E-state index contributed by atoms with van der Waals surface area (Å²) in [6.45, 7) is -0.384. The van der Waals surface area contributed by atoms with E-state index in [1.807, 2.05) is 0 Å². The molecular weight excluding hydrogens is 226 g/mol. The third-order valence-electron chi connectivity index (χ3n) is 2.66. The predicted molar refractivity (Wildman–Crippen MR) is 55.6 cm³/mol. The summed E-state index contributed by atoms with van der Waals surface area (Å²) < 4.78 is 6.76. The molecule has 1 aromatic rings. The molecule has 17 heavy (non-hydrogen) atoms. The molecule has 0 saturated carbocycles. The summed E-state index contributed by atoms with van der Waals surface area (Å²) in [5, 5.41) is 32.1. The molecule has 3 N–H and O–H groups in total. The summed E-state index contributed by atoms with van der Waals surface area (Å²) >= 11 is 0. The molecule has 1 fully saturated rings. The van der Waals surface area contributed by atoms with Gasteiger partial charge >= 0.3 is 0 Å². The smallest absolute Gasteiger partial charge is 0.225 e. The van der Waals surface area contributed by atoms with E-state index >= 15 is 0 Å². The number of aliphatic hydroxyl groups excluding tert-OH is 3. The summed E-state index contributed by atoms with van der Waals surface area (Å²) in [6, 6.07) is 0. The molecule has 0 radical (unpaired) electrons. The topological polar surface area (TPSA) is 101 Å². The van der Waals surface area contributed by atoms with Gasteiger partial charge in [0.1, 0.15) is 18.5 Å². The molecule has 2 rings (SSSR count). The molecule has 1 aromatic heterocycles. The van der Waals surface area contributed by atoms with Crippen molar-refractivity contribution in [2.24, 2.45) is 0 Å². The molecule has 0 bridgehead atoms. The minimum absolute atomic E-state index is 0.158. The minimum Gasteiger partial charge on any atom is -0.394 e. The monoisotopic (exact) mass is 239 g/mol. The minimum atomic E-state index is -1.10. The summed E-state index contributed by atoms with van der Waals surface area (Å²) in [5.41, 5.74) is 0. The molecule has 1 aliphatic rings. The SMILES string of the molecule is C#Cc1ncn([C@H]2CC(O)C(O)[C@@H](CO)O2)n1. The van der Waals surface area contributed by atoms with Gasteiger partial charge in [-0.2, -0.15) is 0 Å². The van der Waals surface area contributed by atoms with Crippen molar-refractivity contribution >= 4 is 0 Å². The van der Waals surface area contributed by atoms with Crippen LogP contribution in [0.4, 0.5) is 0 Å². The van der Waals surface area contributed by atoms with Gasteiger partial charge in [0, 0.05) is 6.42 Å². The molecular formula is C10H13N3O4. The number of aromatic nitrogens is 3. The number of hydrogen-bond acceptors (Lipinski definition) is 6. The van der Waals surface area contributed by atoms with Gasteiger partial charge in [-0.15, -0.1) is 11.5 Å². The fourth-order valence-corrected chi connectivity index (χ4v) is 1.73. The molecule has 2 unspecified atom stereocenters. The fourth-order valence-electron chi connectivity index (χ4n) is 1.73. The Morgan fingerprint density at radius 1 is 1.59 bits per heavy atom. The Bertz CT molecular complexity index is 427. The molecule has 2 heterocycles. The molecule has 1 saturated heterocycles. The first-order valence-electron chi connectivity index (χ1n) is 5.16. The van der Waals surface area contributed by atoms with Crippen LogP contribution in [0.2, 0.25) is 0 Å². The zero-order valence-electron chi connectivity index (χ0n) is 8.97. The van der Waals surface area contributed by atoms with Gasteiger partial charge in [-0.1, -0.05) is 0 Å². The van der Waals surface area contributed by atoms with Crippen LogP contribution in [0.5, 0.6) is 0 Å². The van der Waals surface area contributed by atoms with Gasteiger partial charge in [-0.05, 0) is 5.92 Å². The van der Waals surface area contributed by atoms with Gasteiger partial charge in [0.05, 0.1) is 12.7 Å². The van der Waals surface area contributed by atoms with E-state index in [4.69, 9.17) is 16.3 Å². The number of terminal acetylenes is 1. The van der Waals surface area contributed by atoms with Gasteiger partial charge in [-0.25, -0.2) is 9.67 Å². The van der Waals surface area contributed by atoms with Crippen molar-refractivity contribution in [2.75, 3.05) is 6.61 Å². The predicted octanol–water partition coefficient (Wildman–Crippen LogP) is -1.74. The van der Waals surface area contributed by atoms with E-state index in [1.165, 1.54) is 11.0 Å². The number of aliphatic hydroxyl groups is 3. The van der Waals surface area contributed by atoms with Crippen LogP contribution in [0, 0.1) is 12.3 Å². The van der Waals surface area contributed by atoms with Crippen LogP contribution < -0.4 is 0 Å².